The fourth-order valence-electron chi connectivity index (χ4n) is 1.57. The van der Waals surface area contributed by atoms with Crippen molar-refractivity contribution in [2.75, 3.05) is 26.2 Å². The van der Waals surface area contributed by atoms with Gasteiger partial charge in [-0.1, -0.05) is 0 Å². The van der Waals surface area contributed by atoms with E-state index in [1.165, 1.54) is 0 Å². The third-order valence-corrected chi connectivity index (χ3v) is 2.51. The number of nitrogens with one attached hydrogen (secondary N) is 1. The van der Waals surface area contributed by atoms with Crippen LogP contribution in [0.3, 0.4) is 0 Å². The third kappa shape index (κ3) is 4.81. The van der Waals surface area contributed by atoms with Crippen LogP contribution in [0.15, 0.2) is 0 Å². The van der Waals surface area contributed by atoms with Gasteiger partial charge in [0.05, 0.1) is 6.42 Å². The molecule has 84 valence electrons. The minimum absolute atomic E-state index is 0.137. The van der Waals surface area contributed by atoms with Crippen molar-refractivity contribution in [2.24, 2.45) is 0 Å². The Morgan fingerprint density at radius 3 is 2.71 bits per heavy atom. The molecule has 1 heterocycles. The van der Waals surface area contributed by atoms with Crippen LogP contribution in [0.25, 0.3) is 0 Å². The van der Waals surface area contributed by atoms with Crippen molar-refractivity contribution in [1.82, 2.24) is 10.2 Å². The smallest absolute Gasteiger partial charge is 0.313 e. The fourth-order valence-corrected chi connectivity index (χ4v) is 1.57. The first-order valence-electron chi connectivity index (χ1n) is 5.00. The lowest BCUT2D eigenvalue weighted by molar-refractivity contribution is -0.137. The van der Waals surface area contributed by atoms with Gasteiger partial charge in [0.25, 0.3) is 0 Å². The molecule has 14 heavy (non-hydrogen) atoms. The van der Waals surface area contributed by atoms with E-state index >= 15 is 0 Å². The summed E-state index contributed by atoms with van der Waals surface area (Å²) in [5.74, 6) is 0. The van der Waals surface area contributed by atoms with E-state index in [1.54, 1.807) is 0 Å². The molecule has 1 N–H and O–H groups in total. The van der Waals surface area contributed by atoms with Gasteiger partial charge in [-0.15, -0.1) is 0 Å². The zero-order valence-corrected chi connectivity index (χ0v) is 8.40. The van der Waals surface area contributed by atoms with E-state index in [0.29, 0.717) is 6.04 Å². The number of hydrogen-bond donors (Lipinski definition) is 1. The predicted octanol–water partition coefficient (Wildman–Crippen LogP) is 1.62. The van der Waals surface area contributed by atoms with Crippen LogP contribution in [0.5, 0.6) is 0 Å². The van der Waals surface area contributed by atoms with E-state index in [-0.39, 0.29) is 6.54 Å². The Balaban J connectivity index is 2.24. The SMILES string of the molecule is CC1CCN(CCC(F)(F)F)CCN1. The summed E-state index contributed by atoms with van der Waals surface area (Å²) in [6.45, 7) is 4.48. The molecule has 1 aliphatic rings. The summed E-state index contributed by atoms with van der Waals surface area (Å²) in [4.78, 5) is 1.88. The van der Waals surface area contributed by atoms with E-state index < -0.39 is 12.6 Å². The Hall–Kier alpha value is -0.290. The van der Waals surface area contributed by atoms with Gasteiger partial charge < -0.3 is 10.2 Å². The zero-order chi connectivity index (χ0) is 10.6. The van der Waals surface area contributed by atoms with E-state index in [1.807, 2.05) is 4.90 Å². The van der Waals surface area contributed by atoms with E-state index in [2.05, 4.69) is 12.2 Å². The summed E-state index contributed by atoms with van der Waals surface area (Å²) in [6, 6.07) is 0.422. The molecule has 0 radical (unpaired) electrons. The van der Waals surface area contributed by atoms with Gasteiger partial charge in [-0.25, -0.2) is 0 Å². The van der Waals surface area contributed by atoms with Gasteiger partial charge in [0.15, 0.2) is 0 Å². The second-order valence-electron chi connectivity index (χ2n) is 3.85. The molecule has 0 aromatic carbocycles. The Kier molecular flexibility index (Phi) is 4.19. The maximum absolute atomic E-state index is 11.9. The normalized spacial score (nSPS) is 26.1. The Labute approximate surface area is 82.5 Å². The Morgan fingerprint density at radius 2 is 2.07 bits per heavy atom. The Morgan fingerprint density at radius 1 is 1.36 bits per heavy atom. The molecule has 0 aromatic heterocycles. The minimum atomic E-state index is -4.02. The first-order valence-corrected chi connectivity index (χ1v) is 5.00. The quantitative estimate of drug-likeness (QED) is 0.745. The van der Waals surface area contributed by atoms with Gasteiger partial charge >= 0.3 is 6.18 Å². The average molecular weight is 210 g/mol. The first-order chi connectivity index (χ1) is 6.47. The largest absolute Gasteiger partial charge is 0.390 e. The van der Waals surface area contributed by atoms with Crippen LogP contribution in [-0.2, 0) is 0 Å². The van der Waals surface area contributed by atoms with E-state index in [9.17, 15) is 13.2 Å². The van der Waals surface area contributed by atoms with Gasteiger partial charge in [-0.3, -0.25) is 0 Å². The maximum Gasteiger partial charge on any atom is 0.390 e. The highest BCUT2D eigenvalue weighted by molar-refractivity contribution is 4.72. The van der Waals surface area contributed by atoms with Crippen LogP contribution < -0.4 is 5.32 Å². The molecular weight excluding hydrogens is 193 g/mol. The van der Waals surface area contributed by atoms with Crippen LogP contribution in [0, 0.1) is 0 Å². The summed E-state index contributed by atoms with van der Waals surface area (Å²) >= 11 is 0. The van der Waals surface area contributed by atoms with Crippen LogP contribution >= 0.6 is 0 Å². The lowest BCUT2D eigenvalue weighted by Crippen LogP contribution is -2.31. The van der Waals surface area contributed by atoms with Gasteiger partial charge in [0, 0.05) is 25.7 Å². The van der Waals surface area contributed by atoms with Gasteiger partial charge in [-0.05, 0) is 19.9 Å². The fraction of sp³-hybridized carbons (Fsp3) is 1.00. The molecule has 1 rings (SSSR count). The van der Waals surface area contributed by atoms with Gasteiger partial charge in [-0.2, -0.15) is 13.2 Å². The second kappa shape index (κ2) is 4.98. The molecule has 0 aliphatic carbocycles. The molecule has 1 atom stereocenters. The second-order valence-corrected chi connectivity index (χ2v) is 3.85. The number of nitrogens with zero attached hydrogens (tertiary/aromatic N) is 1. The molecule has 0 saturated carbocycles. The van der Waals surface area contributed by atoms with Crippen LogP contribution in [-0.4, -0.2) is 43.3 Å². The van der Waals surface area contributed by atoms with Crippen LogP contribution in [0.1, 0.15) is 19.8 Å². The molecule has 0 aromatic rings. The topological polar surface area (TPSA) is 15.3 Å². The average Bonchev–Trinajstić information content (AvgIpc) is 2.25. The minimum Gasteiger partial charge on any atom is -0.313 e. The molecule has 1 fully saturated rings. The van der Waals surface area contributed by atoms with Crippen molar-refractivity contribution >= 4 is 0 Å². The summed E-state index contributed by atoms with van der Waals surface area (Å²) in [7, 11) is 0. The number of halogens is 3. The summed E-state index contributed by atoms with van der Waals surface area (Å²) < 4.78 is 35.8. The maximum atomic E-state index is 11.9. The third-order valence-electron chi connectivity index (χ3n) is 2.51. The van der Waals surface area contributed by atoms with Crippen molar-refractivity contribution < 1.29 is 13.2 Å². The highest BCUT2D eigenvalue weighted by Gasteiger charge is 2.28. The van der Waals surface area contributed by atoms with Crippen molar-refractivity contribution in [1.29, 1.82) is 0 Å². The molecule has 1 aliphatic heterocycles. The number of rotatable bonds is 2. The molecule has 0 spiro atoms. The van der Waals surface area contributed by atoms with Crippen molar-refractivity contribution in [3.8, 4) is 0 Å². The standard InChI is InChI=1S/C9H17F3N2/c1-8-2-5-14(7-4-13-8)6-3-9(10,11)12/h8,13H,2-7H2,1H3. The van der Waals surface area contributed by atoms with Crippen molar-refractivity contribution in [3.63, 3.8) is 0 Å². The van der Waals surface area contributed by atoms with Crippen LogP contribution in [0.2, 0.25) is 0 Å². The molecule has 0 bridgehead atoms. The molecule has 1 unspecified atom stereocenters. The molecule has 2 nitrogen and oxygen atoms in total. The van der Waals surface area contributed by atoms with Gasteiger partial charge in [0.2, 0.25) is 0 Å². The lowest BCUT2D eigenvalue weighted by atomic mass is 10.2. The molecule has 5 heteroatoms. The lowest BCUT2D eigenvalue weighted by Gasteiger charge is -2.19. The summed E-state index contributed by atoms with van der Waals surface area (Å²) in [5, 5.41) is 3.25. The predicted molar refractivity (Wildman–Crippen MR) is 49.2 cm³/mol. The molecule has 1 saturated heterocycles. The highest BCUT2D eigenvalue weighted by atomic mass is 19.4. The number of alkyl halides is 3. The Bertz CT molecular complexity index is 170. The summed E-state index contributed by atoms with van der Waals surface area (Å²) in [6.07, 6.45) is -3.79. The van der Waals surface area contributed by atoms with Crippen LogP contribution in [0.4, 0.5) is 13.2 Å². The first kappa shape index (κ1) is 11.8. The number of hydrogen-bond acceptors (Lipinski definition) is 2. The van der Waals surface area contributed by atoms with Crippen molar-refractivity contribution in [3.05, 3.63) is 0 Å². The van der Waals surface area contributed by atoms with E-state index in [0.717, 1.165) is 26.1 Å². The molecular formula is C9H17F3N2. The van der Waals surface area contributed by atoms with E-state index in [4.69, 9.17) is 0 Å². The molecule has 0 amide bonds. The van der Waals surface area contributed by atoms with Crippen molar-refractivity contribution in [2.45, 2.75) is 32.0 Å². The monoisotopic (exact) mass is 210 g/mol. The van der Waals surface area contributed by atoms with Gasteiger partial charge in [0.1, 0.15) is 0 Å². The highest BCUT2D eigenvalue weighted by Crippen LogP contribution is 2.19. The summed E-state index contributed by atoms with van der Waals surface area (Å²) in [5.41, 5.74) is 0. The zero-order valence-electron chi connectivity index (χ0n) is 8.40.